The van der Waals surface area contributed by atoms with Crippen molar-refractivity contribution in [1.82, 2.24) is 0 Å². The van der Waals surface area contributed by atoms with E-state index in [1.165, 1.54) is 48.5 Å². The van der Waals surface area contributed by atoms with E-state index in [0.717, 1.165) is 24.3 Å². The molecule has 12 nitrogen and oxygen atoms in total. The fourth-order valence-corrected chi connectivity index (χ4v) is 5.11. The standard InChI is InChI=1S/2C10H8O6S2/c11-17(12,13)9-3-1-7-5-10(18(14,15)16)4-2-8(7)6-9;11-17(12,13)9-3-1-7-2-4-10(18(14,15)16)6-8(7)5-9/h2*1-6H,(H,11,12,13)(H,14,15,16). The molecule has 192 valence electrons. The van der Waals surface area contributed by atoms with Gasteiger partial charge < -0.3 is 0 Å². The molecule has 4 rings (SSSR count). The van der Waals surface area contributed by atoms with E-state index in [-0.39, 0.29) is 25.0 Å². The van der Waals surface area contributed by atoms with Gasteiger partial charge >= 0.3 is 0 Å². The first-order chi connectivity index (χ1) is 16.4. The third-order valence-corrected chi connectivity index (χ3v) is 8.16. The minimum Gasteiger partial charge on any atom is -0.282 e. The van der Waals surface area contributed by atoms with E-state index in [2.05, 4.69) is 0 Å². The van der Waals surface area contributed by atoms with E-state index >= 15 is 0 Å². The molecule has 0 heterocycles. The second-order valence-electron chi connectivity index (χ2n) is 7.24. The molecule has 0 amide bonds. The summed E-state index contributed by atoms with van der Waals surface area (Å²) in [6.07, 6.45) is 0. The van der Waals surface area contributed by atoms with Crippen LogP contribution < -0.4 is 0 Å². The van der Waals surface area contributed by atoms with Crippen molar-refractivity contribution in [3.63, 3.8) is 0 Å². The first-order valence-electron chi connectivity index (χ1n) is 9.33. The Kier molecular flexibility index (Phi) is 7.28. The molecule has 0 aliphatic carbocycles. The molecule has 0 aliphatic rings. The Labute approximate surface area is 205 Å². The first-order valence-corrected chi connectivity index (χ1v) is 15.1. The topological polar surface area (TPSA) is 217 Å². The Morgan fingerprint density at radius 3 is 0.806 bits per heavy atom. The maximum atomic E-state index is 10.9. The van der Waals surface area contributed by atoms with E-state index in [9.17, 15) is 33.7 Å². The van der Waals surface area contributed by atoms with E-state index in [1.807, 2.05) is 0 Å². The molecule has 0 aliphatic heterocycles. The summed E-state index contributed by atoms with van der Waals surface area (Å²) < 4.78 is 123. The van der Waals surface area contributed by atoms with Crippen LogP contribution in [0.15, 0.2) is 92.4 Å². The third kappa shape index (κ3) is 6.62. The van der Waals surface area contributed by atoms with E-state index in [1.54, 1.807) is 0 Å². The van der Waals surface area contributed by atoms with Crippen molar-refractivity contribution in [2.24, 2.45) is 0 Å². The highest BCUT2D eigenvalue weighted by atomic mass is 32.2. The second-order valence-corrected chi connectivity index (χ2v) is 12.9. The molecule has 0 fully saturated rings. The van der Waals surface area contributed by atoms with E-state index < -0.39 is 40.5 Å². The Balaban J connectivity index is 0.000000201. The molecule has 0 aromatic heterocycles. The molecule has 0 bridgehead atoms. The normalized spacial score (nSPS) is 12.8. The van der Waals surface area contributed by atoms with Gasteiger partial charge in [0.1, 0.15) is 0 Å². The van der Waals surface area contributed by atoms with Crippen LogP contribution in [0.1, 0.15) is 0 Å². The summed E-state index contributed by atoms with van der Waals surface area (Å²) in [4.78, 5) is -1.26. The summed E-state index contributed by atoms with van der Waals surface area (Å²) in [7, 11) is -17.3. The van der Waals surface area contributed by atoms with Gasteiger partial charge in [0.2, 0.25) is 0 Å². The second kappa shape index (κ2) is 9.49. The molecule has 4 N–H and O–H groups in total. The molecule has 36 heavy (non-hydrogen) atoms. The first kappa shape index (κ1) is 27.6. The van der Waals surface area contributed by atoms with Crippen LogP contribution in [-0.4, -0.2) is 51.9 Å². The van der Waals surface area contributed by atoms with Crippen LogP contribution in [-0.2, 0) is 40.5 Å². The SMILES string of the molecule is O=S(=O)(O)c1ccc2cc(S(=O)(=O)O)ccc2c1.O=S(=O)(O)c1ccc2ccc(S(=O)(=O)O)cc2c1. The van der Waals surface area contributed by atoms with Gasteiger partial charge in [0, 0.05) is 0 Å². The van der Waals surface area contributed by atoms with Gasteiger partial charge in [0.15, 0.2) is 0 Å². The van der Waals surface area contributed by atoms with Crippen LogP contribution in [0.25, 0.3) is 21.5 Å². The van der Waals surface area contributed by atoms with Gasteiger partial charge in [-0.15, -0.1) is 0 Å². The summed E-state index contributed by atoms with van der Waals surface area (Å²) in [5.74, 6) is 0. The van der Waals surface area contributed by atoms with E-state index in [0.29, 0.717) is 16.2 Å². The van der Waals surface area contributed by atoms with Crippen LogP contribution in [0.3, 0.4) is 0 Å². The fourth-order valence-electron chi connectivity index (χ4n) is 3.05. The van der Waals surface area contributed by atoms with Crippen molar-refractivity contribution in [2.45, 2.75) is 19.6 Å². The van der Waals surface area contributed by atoms with Gasteiger partial charge in [0.25, 0.3) is 40.5 Å². The lowest BCUT2D eigenvalue weighted by Gasteiger charge is -2.03. The summed E-state index contributed by atoms with van der Waals surface area (Å²) in [6, 6.07) is 14.9. The molecule has 0 saturated carbocycles. The highest BCUT2D eigenvalue weighted by Gasteiger charge is 2.14. The highest BCUT2D eigenvalue weighted by molar-refractivity contribution is 7.86. The summed E-state index contributed by atoms with van der Waals surface area (Å²) in [6.45, 7) is 0. The zero-order valence-electron chi connectivity index (χ0n) is 17.6. The summed E-state index contributed by atoms with van der Waals surface area (Å²) in [5.41, 5.74) is 0. The lowest BCUT2D eigenvalue weighted by molar-refractivity contribution is 0.481. The number of hydrogen-bond donors (Lipinski definition) is 4. The van der Waals surface area contributed by atoms with Gasteiger partial charge in [-0.3, -0.25) is 18.2 Å². The molecule has 0 unspecified atom stereocenters. The van der Waals surface area contributed by atoms with Crippen molar-refractivity contribution < 1.29 is 51.9 Å². The Morgan fingerprint density at radius 2 is 0.556 bits per heavy atom. The average molecular weight is 577 g/mol. The number of benzene rings is 4. The molecular formula is C20H16O12S4. The number of hydrogen-bond acceptors (Lipinski definition) is 8. The molecule has 0 radical (unpaired) electrons. The average Bonchev–Trinajstić information content (AvgIpc) is 2.75. The maximum absolute atomic E-state index is 10.9. The molecule has 16 heteroatoms. The Bertz CT molecular complexity index is 1790. The largest absolute Gasteiger partial charge is 0.294 e. The minimum absolute atomic E-state index is 0.278. The smallest absolute Gasteiger partial charge is 0.282 e. The predicted molar refractivity (Wildman–Crippen MR) is 127 cm³/mol. The van der Waals surface area contributed by atoms with Gasteiger partial charge in [-0.1, -0.05) is 24.3 Å². The number of fused-ring (bicyclic) bond motifs is 2. The van der Waals surface area contributed by atoms with Crippen LogP contribution >= 0.6 is 0 Å². The molecule has 0 spiro atoms. The van der Waals surface area contributed by atoms with Gasteiger partial charge in [-0.2, -0.15) is 33.7 Å². The van der Waals surface area contributed by atoms with Crippen molar-refractivity contribution in [3.05, 3.63) is 72.8 Å². The Hall–Kier alpha value is -2.96. The fraction of sp³-hybridized carbons (Fsp3) is 0. The lowest BCUT2D eigenvalue weighted by Crippen LogP contribution is -1.99. The zero-order valence-corrected chi connectivity index (χ0v) is 20.9. The monoisotopic (exact) mass is 576 g/mol. The van der Waals surface area contributed by atoms with Crippen LogP contribution in [0.5, 0.6) is 0 Å². The number of rotatable bonds is 4. The van der Waals surface area contributed by atoms with Crippen molar-refractivity contribution in [3.8, 4) is 0 Å². The van der Waals surface area contributed by atoms with Crippen molar-refractivity contribution in [2.75, 3.05) is 0 Å². The molecular weight excluding hydrogens is 560 g/mol. The quantitative estimate of drug-likeness (QED) is 0.258. The zero-order chi connectivity index (χ0) is 27.1. The molecule has 4 aromatic rings. The van der Waals surface area contributed by atoms with Crippen molar-refractivity contribution >= 4 is 62.0 Å². The molecule has 0 saturated heterocycles. The van der Waals surface area contributed by atoms with E-state index in [4.69, 9.17) is 18.2 Å². The van der Waals surface area contributed by atoms with Crippen LogP contribution in [0, 0.1) is 0 Å². The predicted octanol–water partition coefficient (Wildman–Crippen LogP) is 2.67. The van der Waals surface area contributed by atoms with Crippen LogP contribution in [0.4, 0.5) is 0 Å². The molecule has 4 aromatic carbocycles. The highest BCUT2D eigenvalue weighted by Crippen LogP contribution is 2.23. The van der Waals surface area contributed by atoms with Gasteiger partial charge in [-0.05, 0) is 70.1 Å². The maximum Gasteiger partial charge on any atom is 0.294 e. The summed E-state index contributed by atoms with van der Waals surface area (Å²) in [5, 5.41) is 1.71. The lowest BCUT2D eigenvalue weighted by atomic mass is 10.1. The van der Waals surface area contributed by atoms with Gasteiger partial charge in [0.05, 0.1) is 19.6 Å². The summed E-state index contributed by atoms with van der Waals surface area (Å²) >= 11 is 0. The van der Waals surface area contributed by atoms with Gasteiger partial charge in [-0.25, -0.2) is 0 Å². The minimum atomic E-state index is -4.35. The molecule has 0 atom stereocenters. The third-order valence-electron chi connectivity index (χ3n) is 4.76. The van der Waals surface area contributed by atoms with Crippen LogP contribution in [0.2, 0.25) is 0 Å². The van der Waals surface area contributed by atoms with Crippen molar-refractivity contribution in [1.29, 1.82) is 0 Å². The Morgan fingerprint density at radius 1 is 0.333 bits per heavy atom.